The van der Waals surface area contributed by atoms with Gasteiger partial charge in [-0.25, -0.2) is 17.6 Å². The van der Waals surface area contributed by atoms with Gasteiger partial charge in [0, 0.05) is 60.6 Å². The second kappa shape index (κ2) is 16.9. The Balaban J connectivity index is 1.43. The summed E-state index contributed by atoms with van der Waals surface area (Å²) in [6.07, 6.45) is 1.62. The summed E-state index contributed by atoms with van der Waals surface area (Å²) in [4.78, 5) is 27.1. The van der Waals surface area contributed by atoms with Crippen molar-refractivity contribution in [1.82, 2.24) is 14.9 Å². The molecule has 13 heteroatoms. The Kier molecular flexibility index (Phi) is 12.7. The van der Waals surface area contributed by atoms with Gasteiger partial charge in [0.15, 0.2) is 0 Å². The van der Waals surface area contributed by atoms with Crippen LogP contribution in [-0.4, -0.2) is 76.3 Å². The average Bonchev–Trinajstić information content (AvgIpc) is 3.12. The number of amides is 2. The molecule has 0 saturated carbocycles. The van der Waals surface area contributed by atoms with Crippen LogP contribution in [0.5, 0.6) is 0 Å². The number of alkyl carbamates (subject to hydrolysis) is 1. The van der Waals surface area contributed by atoms with E-state index in [1.54, 1.807) is 52.8 Å². The molecule has 2 aliphatic heterocycles. The summed E-state index contributed by atoms with van der Waals surface area (Å²) in [5.74, 6) is -1.55. The third-order valence-electron chi connectivity index (χ3n) is 9.50. The lowest BCUT2D eigenvalue weighted by Crippen LogP contribution is -2.59. The molecule has 0 bridgehead atoms. The van der Waals surface area contributed by atoms with E-state index in [1.807, 2.05) is 19.1 Å². The van der Waals surface area contributed by atoms with Gasteiger partial charge in [-0.15, -0.1) is 0 Å². The molecule has 2 heterocycles. The minimum absolute atomic E-state index is 0.0160. The number of benzene rings is 3. The van der Waals surface area contributed by atoms with Crippen LogP contribution in [0.15, 0.2) is 77.7 Å². The van der Waals surface area contributed by atoms with Gasteiger partial charge in [-0.1, -0.05) is 54.9 Å². The van der Waals surface area contributed by atoms with Crippen molar-refractivity contribution < 1.29 is 31.9 Å². The molecule has 3 aromatic carbocycles. The van der Waals surface area contributed by atoms with E-state index in [-0.39, 0.29) is 34.5 Å². The highest BCUT2D eigenvalue weighted by Crippen LogP contribution is 2.37. The molecule has 264 valence electrons. The summed E-state index contributed by atoms with van der Waals surface area (Å²) in [5, 5.41) is 9.53. The quantitative estimate of drug-likeness (QED) is 0.219. The Morgan fingerprint density at radius 2 is 1.71 bits per heavy atom. The fraction of sp³-hybridized carbons (Fsp3) is 0.444. The lowest BCUT2D eigenvalue weighted by Gasteiger charge is -2.41. The van der Waals surface area contributed by atoms with Crippen molar-refractivity contribution in [2.45, 2.75) is 68.0 Å². The van der Waals surface area contributed by atoms with Gasteiger partial charge < -0.3 is 25.4 Å². The van der Waals surface area contributed by atoms with Crippen molar-refractivity contribution in [1.29, 1.82) is 0 Å². The minimum atomic E-state index is -3.83. The predicted octanol–water partition coefficient (Wildman–Crippen LogP) is 5.73. The number of nitrogens with zero attached hydrogens (tertiary/aromatic N) is 1. The van der Waals surface area contributed by atoms with Crippen molar-refractivity contribution in [3.63, 3.8) is 0 Å². The molecule has 0 aromatic heterocycles. The largest absolute Gasteiger partial charge is 0.453 e. The Morgan fingerprint density at radius 1 is 1.02 bits per heavy atom. The zero-order valence-corrected chi connectivity index (χ0v) is 29.3. The lowest BCUT2D eigenvalue weighted by atomic mass is 9.76. The van der Waals surface area contributed by atoms with Gasteiger partial charge in [-0.2, -0.15) is 4.31 Å². The maximum atomic E-state index is 15.6. The summed E-state index contributed by atoms with van der Waals surface area (Å²) in [7, 11) is -2.60. The van der Waals surface area contributed by atoms with Crippen molar-refractivity contribution >= 4 is 39.3 Å². The summed E-state index contributed by atoms with van der Waals surface area (Å²) in [6, 6.07) is 18.1. The SMILES string of the molecule is CC[C@@H]1CNC[C@H](CCc2c(F)cccc2NC(=O)[C@@H](NC(=O)OC)C(c2ccc(Cl)cc2)C2CCOCC2)N1S(=O)(=O)c1ccccc1. The third-order valence-corrected chi connectivity index (χ3v) is 11.8. The Morgan fingerprint density at radius 3 is 2.39 bits per heavy atom. The predicted molar refractivity (Wildman–Crippen MR) is 187 cm³/mol. The van der Waals surface area contributed by atoms with Crippen molar-refractivity contribution in [2.24, 2.45) is 5.92 Å². The summed E-state index contributed by atoms with van der Waals surface area (Å²) >= 11 is 6.19. The fourth-order valence-electron chi connectivity index (χ4n) is 7.01. The highest BCUT2D eigenvalue weighted by molar-refractivity contribution is 7.89. The van der Waals surface area contributed by atoms with E-state index in [0.29, 0.717) is 57.0 Å². The van der Waals surface area contributed by atoms with Gasteiger partial charge in [-0.05, 0) is 80.0 Å². The van der Waals surface area contributed by atoms with Crippen LogP contribution in [0.1, 0.15) is 49.7 Å². The van der Waals surface area contributed by atoms with Crippen molar-refractivity contribution in [2.75, 3.05) is 38.7 Å². The number of rotatable bonds is 12. The smallest absolute Gasteiger partial charge is 0.407 e. The van der Waals surface area contributed by atoms with E-state index in [4.69, 9.17) is 21.1 Å². The van der Waals surface area contributed by atoms with E-state index < -0.39 is 45.8 Å². The topological polar surface area (TPSA) is 126 Å². The standard InChI is InChI=1S/C36H44ClFN4O6S/c1-3-27-22-39-23-28(42(27)49(45,46)29-8-5-4-6-9-29)16-17-30-31(38)10-7-11-32(30)40-35(43)34(41-36(44)47-2)33(25-18-20-48-21-19-25)24-12-14-26(37)15-13-24/h4-15,25,27-28,33-34,39H,3,16-23H2,1-2H3,(H,40,43)(H,41,44)/t27-,28+,33?,34+/m1/s1. The van der Waals surface area contributed by atoms with Crippen LogP contribution in [0.4, 0.5) is 14.9 Å². The number of halogens is 2. The number of methoxy groups -OCH3 is 1. The number of piperazine rings is 1. The number of anilines is 1. The number of nitrogens with one attached hydrogen (secondary N) is 3. The molecule has 49 heavy (non-hydrogen) atoms. The molecule has 2 amide bonds. The minimum Gasteiger partial charge on any atom is -0.453 e. The number of hydrogen-bond acceptors (Lipinski definition) is 7. The molecule has 3 N–H and O–H groups in total. The Bertz CT molecular complexity index is 1670. The second-order valence-electron chi connectivity index (χ2n) is 12.5. The van der Waals surface area contributed by atoms with E-state index in [0.717, 1.165) is 5.56 Å². The maximum Gasteiger partial charge on any atom is 0.407 e. The fourth-order valence-corrected chi connectivity index (χ4v) is 9.07. The van der Waals surface area contributed by atoms with E-state index in [2.05, 4.69) is 16.0 Å². The van der Waals surface area contributed by atoms with Crippen LogP contribution in [0.25, 0.3) is 0 Å². The lowest BCUT2D eigenvalue weighted by molar-refractivity contribution is -0.119. The molecule has 2 aliphatic rings. The van der Waals surface area contributed by atoms with Gasteiger partial charge in [-0.3, -0.25) is 4.79 Å². The van der Waals surface area contributed by atoms with E-state index in [9.17, 15) is 18.0 Å². The first kappa shape index (κ1) is 36.7. The average molecular weight is 715 g/mol. The first-order valence-electron chi connectivity index (χ1n) is 16.7. The van der Waals surface area contributed by atoms with E-state index >= 15 is 4.39 Å². The number of hydrogen-bond donors (Lipinski definition) is 3. The molecular formula is C36H44ClFN4O6S. The first-order valence-corrected chi connectivity index (χ1v) is 18.5. The Hall–Kier alpha value is -3.55. The van der Waals surface area contributed by atoms with Crippen LogP contribution < -0.4 is 16.0 Å². The molecule has 2 saturated heterocycles. The van der Waals surface area contributed by atoms with Crippen molar-refractivity contribution in [3.05, 3.63) is 94.8 Å². The van der Waals surface area contributed by atoms with E-state index in [1.165, 1.54) is 19.2 Å². The number of sulfonamides is 1. The summed E-state index contributed by atoms with van der Waals surface area (Å²) in [5.41, 5.74) is 1.30. The first-order chi connectivity index (χ1) is 23.6. The van der Waals surface area contributed by atoms with Gasteiger partial charge in [0.1, 0.15) is 11.9 Å². The molecular weight excluding hydrogens is 671 g/mol. The number of carbonyl (C=O) groups is 2. The second-order valence-corrected chi connectivity index (χ2v) is 14.7. The summed E-state index contributed by atoms with van der Waals surface area (Å²) in [6.45, 7) is 3.89. The zero-order valence-electron chi connectivity index (χ0n) is 27.7. The van der Waals surface area contributed by atoms with Crippen molar-refractivity contribution in [3.8, 4) is 0 Å². The van der Waals surface area contributed by atoms with Crippen LogP contribution in [0.2, 0.25) is 5.02 Å². The Labute approximate surface area is 292 Å². The molecule has 10 nitrogen and oxygen atoms in total. The maximum absolute atomic E-state index is 15.6. The van der Waals surface area contributed by atoms with Crippen LogP contribution >= 0.6 is 11.6 Å². The van der Waals surface area contributed by atoms with Crippen LogP contribution in [0, 0.1) is 11.7 Å². The third kappa shape index (κ3) is 8.79. The molecule has 0 aliphatic carbocycles. The number of carbonyl (C=O) groups excluding carboxylic acids is 2. The highest BCUT2D eigenvalue weighted by Gasteiger charge is 2.40. The van der Waals surface area contributed by atoms with Crippen LogP contribution in [0.3, 0.4) is 0 Å². The highest BCUT2D eigenvalue weighted by atomic mass is 35.5. The monoisotopic (exact) mass is 714 g/mol. The number of ether oxygens (including phenoxy) is 2. The normalized spacial score (nSPS) is 20.2. The molecule has 2 fully saturated rings. The van der Waals surface area contributed by atoms with Gasteiger partial charge >= 0.3 is 6.09 Å². The van der Waals surface area contributed by atoms with Gasteiger partial charge in [0.2, 0.25) is 15.9 Å². The molecule has 0 spiro atoms. The molecule has 4 atom stereocenters. The molecule has 5 rings (SSSR count). The molecule has 0 radical (unpaired) electrons. The molecule has 3 aromatic rings. The summed E-state index contributed by atoms with van der Waals surface area (Å²) < 4.78 is 55.4. The molecule has 1 unspecified atom stereocenters. The zero-order chi connectivity index (χ0) is 35.0. The van der Waals surface area contributed by atoms with Gasteiger partial charge in [0.25, 0.3) is 0 Å². The van der Waals surface area contributed by atoms with Crippen LogP contribution in [-0.2, 0) is 30.7 Å². The van der Waals surface area contributed by atoms with Gasteiger partial charge in [0.05, 0.1) is 12.0 Å².